The van der Waals surface area contributed by atoms with E-state index in [1.54, 1.807) is 21.3 Å². The van der Waals surface area contributed by atoms with E-state index in [1.165, 1.54) is 141 Å². The van der Waals surface area contributed by atoms with E-state index in [4.69, 9.17) is 13.3 Å². The Hall–Kier alpha value is 0.347. The highest BCUT2D eigenvalue weighted by atomic mass is 35.5. The summed E-state index contributed by atoms with van der Waals surface area (Å²) in [7, 11) is 2.78. The summed E-state index contributed by atoms with van der Waals surface area (Å²) in [5.74, 6) is 0. The van der Waals surface area contributed by atoms with Crippen LogP contribution in [0.5, 0.6) is 0 Å². The zero-order valence-electron chi connectivity index (χ0n) is 23.8. The highest BCUT2D eigenvalue weighted by molar-refractivity contribution is 6.60. The maximum absolute atomic E-state index is 5.48. The third kappa shape index (κ3) is 25.4. The molecule has 0 amide bonds. The highest BCUT2D eigenvalue weighted by Gasteiger charge is 2.36. The van der Waals surface area contributed by atoms with Gasteiger partial charge in [-0.05, 0) is 6.42 Å². The average molecular weight is 526 g/mol. The Morgan fingerprint density at radius 3 is 0.794 bits per heavy atom. The number of rotatable bonds is 27. The standard InChI is InChI=1S/C28H60O3Si.ClH.H3N/c1-5-6-7-8-9-10-11-12-13-14-15-16-17-18-19-20-21-22-23-24-25-26-27-28-32(29-2,30-3)31-4;;/h5-28H2,1-4H3;1H;1H3. The first-order chi connectivity index (χ1) is 15.7. The fourth-order valence-electron chi connectivity index (χ4n) is 4.68. The van der Waals surface area contributed by atoms with Crippen molar-refractivity contribution >= 4 is 21.2 Å². The second-order valence-corrected chi connectivity index (χ2v) is 12.9. The van der Waals surface area contributed by atoms with Gasteiger partial charge in [0.1, 0.15) is 0 Å². The van der Waals surface area contributed by atoms with Crippen molar-refractivity contribution in [3.8, 4) is 0 Å². The molecule has 210 valence electrons. The van der Waals surface area contributed by atoms with Crippen molar-refractivity contribution < 1.29 is 13.3 Å². The summed E-state index contributed by atoms with van der Waals surface area (Å²) in [6, 6.07) is 0.940. The van der Waals surface area contributed by atoms with Gasteiger partial charge >= 0.3 is 8.80 Å². The molecule has 0 radical (unpaired) electrons. The monoisotopic (exact) mass is 525 g/mol. The summed E-state index contributed by atoms with van der Waals surface area (Å²) < 4.78 is 16.4. The Bertz CT molecular complexity index is 352. The predicted octanol–water partition coefficient (Wildman–Crippen LogP) is 10.4. The maximum Gasteiger partial charge on any atom is 0.500 e. The molecule has 0 saturated carbocycles. The van der Waals surface area contributed by atoms with Crippen LogP contribution in [0.2, 0.25) is 6.04 Å². The summed E-state index contributed by atoms with van der Waals surface area (Å²) in [5, 5.41) is 0. The van der Waals surface area contributed by atoms with Gasteiger partial charge in [0.15, 0.2) is 0 Å². The number of halogens is 1. The first kappa shape index (κ1) is 38.9. The Balaban J connectivity index is -0.00000480. The molecule has 0 aromatic rings. The molecule has 0 spiro atoms. The highest BCUT2D eigenvalue weighted by Crippen LogP contribution is 2.19. The van der Waals surface area contributed by atoms with Crippen molar-refractivity contribution in [1.29, 1.82) is 0 Å². The first-order valence-electron chi connectivity index (χ1n) is 14.4. The van der Waals surface area contributed by atoms with Gasteiger partial charge in [0.2, 0.25) is 0 Å². The number of unbranched alkanes of at least 4 members (excludes halogenated alkanes) is 22. The summed E-state index contributed by atoms with van der Waals surface area (Å²) in [6.45, 7) is 2.30. The third-order valence-electron chi connectivity index (χ3n) is 7.02. The van der Waals surface area contributed by atoms with E-state index >= 15 is 0 Å². The smallest absolute Gasteiger partial charge is 0.377 e. The molecule has 4 nitrogen and oxygen atoms in total. The number of hydrogen-bond acceptors (Lipinski definition) is 4. The lowest BCUT2D eigenvalue weighted by Crippen LogP contribution is -2.42. The van der Waals surface area contributed by atoms with Crippen LogP contribution in [-0.2, 0) is 13.3 Å². The van der Waals surface area contributed by atoms with Crippen LogP contribution in [0.4, 0.5) is 0 Å². The van der Waals surface area contributed by atoms with E-state index in [0.29, 0.717) is 0 Å². The van der Waals surface area contributed by atoms with E-state index in [2.05, 4.69) is 6.92 Å². The van der Waals surface area contributed by atoms with E-state index < -0.39 is 8.80 Å². The van der Waals surface area contributed by atoms with E-state index in [-0.39, 0.29) is 18.6 Å². The normalized spacial score (nSPS) is 11.3. The molecule has 34 heavy (non-hydrogen) atoms. The van der Waals surface area contributed by atoms with Crippen LogP contribution >= 0.6 is 12.4 Å². The van der Waals surface area contributed by atoms with Crippen LogP contribution in [0, 0.1) is 0 Å². The minimum Gasteiger partial charge on any atom is -0.377 e. The first-order valence-corrected chi connectivity index (χ1v) is 16.3. The van der Waals surface area contributed by atoms with Gasteiger partial charge < -0.3 is 19.4 Å². The van der Waals surface area contributed by atoms with Gasteiger partial charge in [0.25, 0.3) is 0 Å². The Morgan fingerprint density at radius 2 is 0.588 bits per heavy atom. The second kappa shape index (κ2) is 31.4. The second-order valence-electron chi connectivity index (χ2n) is 9.82. The van der Waals surface area contributed by atoms with Crippen LogP contribution in [0.15, 0.2) is 0 Å². The molecule has 3 N–H and O–H groups in total. The minimum absolute atomic E-state index is 0. The van der Waals surface area contributed by atoms with Crippen LogP contribution in [0.25, 0.3) is 0 Å². The number of hydrogen-bond donors (Lipinski definition) is 1. The quantitative estimate of drug-likeness (QED) is 0.0854. The molecule has 0 aliphatic rings. The summed E-state index contributed by atoms with van der Waals surface area (Å²) >= 11 is 0. The zero-order chi connectivity index (χ0) is 23.6. The molecule has 0 aliphatic carbocycles. The molecular weight excluding hydrogens is 462 g/mol. The Kier molecular flexibility index (Phi) is 35.9. The van der Waals surface area contributed by atoms with E-state index in [9.17, 15) is 0 Å². The zero-order valence-corrected chi connectivity index (χ0v) is 25.6. The van der Waals surface area contributed by atoms with Crippen molar-refractivity contribution in [2.75, 3.05) is 21.3 Å². The molecule has 0 bridgehead atoms. The Labute approximate surface area is 222 Å². The van der Waals surface area contributed by atoms with E-state index in [0.717, 1.165) is 12.5 Å². The fraction of sp³-hybridized carbons (Fsp3) is 1.00. The molecule has 0 aliphatic heterocycles. The Morgan fingerprint density at radius 1 is 0.382 bits per heavy atom. The SMILES string of the molecule is CCCCCCCCCCCCCCCCCCCCCCCCC[Si](OC)(OC)OC.Cl.N. The van der Waals surface area contributed by atoms with Crippen LogP contribution in [0.1, 0.15) is 155 Å². The van der Waals surface area contributed by atoms with Gasteiger partial charge in [0.05, 0.1) is 0 Å². The van der Waals surface area contributed by atoms with Gasteiger partial charge in [-0.3, -0.25) is 0 Å². The lowest BCUT2D eigenvalue weighted by molar-refractivity contribution is 0.122. The molecule has 0 unspecified atom stereocenters. The van der Waals surface area contributed by atoms with Gasteiger partial charge in [-0.15, -0.1) is 12.4 Å². The predicted molar refractivity (Wildman–Crippen MR) is 156 cm³/mol. The molecular formula is C28H64ClNO3Si. The molecule has 0 saturated heterocycles. The largest absolute Gasteiger partial charge is 0.500 e. The summed E-state index contributed by atoms with van der Waals surface area (Å²) in [5.41, 5.74) is 0. The molecule has 6 heteroatoms. The average Bonchev–Trinajstić information content (AvgIpc) is 2.82. The van der Waals surface area contributed by atoms with Crippen LogP contribution in [0.3, 0.4) is 0 Å². The van der Waals surface area contributed by atoms with Crippen molar-refractivity contribution in [3.05, 3.63) is 0 Å². The van der Waals surface area contributed by atoms with Gasteiger partial charge in [-0.25, -0.2) is 0 Å². The van der Waals surface area contributed by atoms with Crippen LogP contribution in [-0.4, -0.2) is 30.1 Å². The van der Waals surface area contributed by atoms with Crippen LogP contribution < -0.4 is 6.15 Å². The lowest BCUT2D eigenvalue weighted by Gasteiger charge is -2.24. The molecule has 0 aromatic carbocycles. The molecule has 0 heterocycles. The summed E-state index contributed by atoms with van der Waals surface area (Å²) in [6.07, 6.45) is 32.7. The van der Waals surface area contributed by atoms with Crippen molar-refractivity contribution in [1.82, 2.24) is 6.15 Å². The lowest BCUT2D eigenvalue weighted by atomic mass is 10.0. The molecule has 0 atom stereocenters. The maximum atomic E-state index is 5.48. The fourth-order valence-corrected chi connectivity index (χ4v) is 6.48. The van der Waals surface area contributed by atoms with E-state index in [1.807, 2.05) is 0 Å². The topological polar surface area (TPSA) is 62.7 Å². The van der Waals surface area contributed by atoms with Gasteiger partial charge in [0, 0.05) is 27.4 Å². The third-order valence-corrected chi connectivity index (χ3v) is 9.85. The minimum atomic E-state index is -2.33. The summed E-state index contributed by atoms with van der Waals surface area (Å²) in [4.78, 5) is 0. The van der Waals surface area contributed by atoms with Crippen molar-refractivity contribution in [2.45, 2.75) is 161 Å². The van der Waals surface area contributed by atoms with Crippen molar-refractivity contribution in [3.63, 3.8) is 0 Å². The molecule has 0 fully saturated rings. The molecule has 0 rings (SSSR count). The van der Waals surface area contributed by atoms with Crippen molar-refractivity contribution in [2.24, 2.45) is 0 Å². The van der Waals surface area contributed by atoms with Gasteiger partial charge in [-0.1, -0.05) is 148 Å². The molecule has 0 aromatic heterocycles. The van der Waals surface area contributed by atoms with Gasteiger partial charge in [-0.2, -0.15) is 0 Å².